The van der Waals surface area contributed by atoms with Gasteiger partial charge in [0.1, 0.15) is 5.82 Å². The van der Waals surface area contributed by atoms with Crippen molar-refractivity contribution in [2.75, 3.05) is 17.3 Å². The van der Waals surface area contributed by atoms with Gasteiger partial charge in [0.2, 0.25) is 0 Å². The number of benzene rings is 1. The molecular formula is C17H15F4NO2S2. The summed E-state index contributed by atoms with van der Waals surface area (Å²) in [7, 11) is 0. The predicted molar refractivity (Wildman–Crippen MR) is 94.4 cm³/mol. The van der Waals surface area contributed by atoms with Gasteiger partial charge >= 0.3 is 12.1 Å². The summed E-state index contributed by atoms with van der Waals surface area (Å²) in [4.78, 5) is 12.4. The number of carbonyl (C=O) groups is 1. The molecular weight excluding hydrogens is 390 g/mol. The SMILES string of the molecule is CC1=C(C(=O)O)C(c2cccc(C(F)(F)F)c2F)C2=C(CSCCS2)N1. The number of carboxylic acids is 1. The molecule has 0 fully saturated rings. The van der Waals surface area contributed by atoms with Crippen LogP contribution in [0.15, 0.2) is 40.1 Å². The first-order valence-corrected chi connectivity index (χ1v) is 9.86. The Balaban J connectivity index is 2.22. The minimum atomic E-state index is -4.85. The highest BCUT2D eigenvalue weighted by atomic mass is 32.2. The minimum Gasteiger partial charge on any atom is -0.478 e. The topological polar surface area (TPSA) is 49.3 Å². The van der Waals surface area contributed by atoms with Gasteiger partial charge in [0, 0.05) is 39.1 Å². The maximum atomic E-state index is 14.8. The molecule has 0 radical (unpaired) electrons. The van der Waals surface area contributed by atoms with Gasteiger partial charge in [0.05, 0.1) is 17.1 Å². The van der Waals surface area contributed by atoms with Crippen LogP contribution in [-0.4, -0.2) is 28.3 Å². The van der Waals surface area contributed by atoms with Crippen molar-refractivity contribution >= 4 is 29.5 Å². The molecule has 26 heavy (non-hydrogen) atoms. The van der Waals surface area contributed by atoms with Gasteiger partial charge in [-0.1, -0.05) is 12.1 Å². The molecule has 0 aromatic heterocycles. The summed E-state index contributed by atoms with van der Waals surface area (Å²) < 4.78 is 54.2. The highest BCUT2D eigenvalue weighted by Crippen LogP contribution is 2.47. The lowest BCUT2D eigenvalue weighted by atomic mass is 9.85. The quantitative estimate of drug-likeness (QED) is 0.706. The molecule has 0 spiro atoms. The van der Waals surface area contributed by atoms with E-state index in [1.807, 2.05) is 0 Å². The van der Waals surface area contributed by atoms with Crippen molar-refractivity contribution < 1.29 is 27.5 Å². The number of alkyl halides is 3. The van der Waals surface area contributed by atoms with Crippen molar-refractivity contribution in [2.45, 2.75) is 19.0 Å². The second-order valence-electron chi connectivity index (χ2n) is 5.85. The van der Waals surface area contributed by atoms with Crippen LogP contribution in [0, 0.1) is 5.82 Å². The van der Waals surface area contributed by atoms with E-state index in [4.69, 9.17) is 0 Å². The van der Waals surface area contributed by atoms with Crippen molar-refractivity contribution in [1.29, 1.82) is 0 Å². The van der Waals surface area contributed by atoms with Crippen LogP contribution in [0.5, 0.6) is 0 Å². The van der Waals surface area contributed by atoms with Crippen LogP contribution in [0.25, 0.3) is 0 Å². The second-order valence-corrected chi connectivity index (χ2v) is 8.09. The average Bonchev–Trinajstić information content (AvgIpc) is 2.77. The summed E-state index contributed by atoms with van der Waals surface area (Å²) in [5.41, 5.74) is -0.708. The van der Waals surface area contributed by atoms with Crippen molar-refractivity contribution in [3.8, 4) is 0 Å². The van der Waals surface area contributed by atoms with Gasteiger partial charge in [-0.25, -0.2) is 9.18 Å². The van der Waals surface area contributed by atoms with Crippen molar-refractivity contribution in [3.63, 3.8) is 0 Å². The Morgan fingerprint density at radius 3 is 2.69 bits per heavy atom. The number of dihydropyridines is 1. The van der Waals surface area contributed by atoms with Crippen LogP contribution in [0.4, 0.5) is 17.6 Å². The third-order valence-electron chi connectivity index (χ3n) is 4.20. The largest absolute Gasteiger partial charge is 0.478 e. The molecule has 1 aromatic rings. The fourth-order valence-corrected chi connectivity index (χ4v) is 5.51. The molecule has 0 saturated heterocycles. The molecule has 2 heterocycles. The molecule has 2 aliphatic rings. The monoisotopic (exact) mass is 405 g/mol. The van der Waals surface area contributed by atoms with Gasteiger partial charge in [-0.2, -0.15) is 24.9 Å². The third-order valence-corrected chi connectivity index (χ3v) is 6.64. The second kappa shape index (κ2) is 7.19. The maximum absolute atomic E-state index is 14.8. The van der Waals surface area contributed by atoms with E-state index in [1.54, 1.807) is 18.7 Å². The number of thioether (sulfide) groups is 2. The molecule has 3 nitrogen and oxygen atoms in total. The number of rotatable bonds is 2. The van der Waals surface area contributed by atoms with E-state index in [0.29, 0.717) is 28.2 Å². The van der Waals surface area contributed by atoms with Gasteiger partial charge < -0.3 is 10.4 Å². The van der Waals surface area contributed by atoms with Crippen molar-refractivity contribution in [3.05, 3.63) is 57.0 Å². The van der Waals surface area contributed by atoms with Crippen molar-refractivity contribution in [2.24, 2.45) is 0 Å². The fourth-order valence-electron chi connectivity index (χ4n) is 3.11. The molecule has 2 aliphatic heterocycles. The van der Waals surface area contributed by atoms with E-state index in [1.165, 1.54) is 17.8 Å². The molecule has 2 N–H and O–H groups in total. The van der Waals surface area contributed by atoms with Gasteiger partial charge in [-0.05, 0) is 13.0 Å². The highest BCUT2D eigenvalue weighted by Gasteiger charge is 2.40. The van der Waals surface area contributed by atoms with Gasteiger partial charge in [-0.15, -0.1) is 11.8 Å². The molecule has 0 bridgehead atoms. The normalized spacial score (nSPS) is 21.2. The predicted octanol–water partition coefficient (Wildman–Crippen LogP) is 4.58. The molecule has 1 unspecified atom stereocenters. The molecule has 1 aromatic carbocycles. The lowest BCUT2D eigenvalue weighted by molar-refractivity contribution is -0.140. The van der Waals surface area contributed by atoms with Crippen LogP contribution in [-0.2, 0) is 11.0 Å². The molecule has 3 rings (SSSR count). The Morgan fingerprint density at radius 1 is 1.31 bits per heavy atom. The Bertz CT molecular complexity index is 817. The number of carboxylic acid groups (broad SMARTS) is 1. The zero-order valence-corrected chi connectivity index (χ0v) is 15.2. The maximum Gasteiger partial charge on any atom is 0.419 e. The van der Waals surface area contributed by atoms with E-state index in [0.717, 1.165) is 17.5 Å². The summed E-state index contributed by atoms with van der Waals surface area (Å²) in [6, 6.07) is 3.02. The highest BCUT2D eigenvalue weighted by molar-refractivity contribution is 8.05. The number of halogens is 4. The molecule has 1 atom stereocenters. The van der Waals surface area contributed by atoms with Crippen LogP contribution in [0.3, 0.4) is 0 Å². The third kappa shape index (κ3) is 3.46. The van der Waals surface area contributed by atoms with E-state index in [2.05, 4.69) is 5.32 Å². The smallest absolute Gasteiger partial charge is 0.419 e. The lowest BCUT2D eigenvalue weighted by Gasteiger charge is -2.31. The fraction of sp³-hybridized carbons (Fsp3) is 0.353. The number of aliphatic carboxylic acids is 1. The average molecular weight is 405 g/mol. The van der Waals surface area contributed by atoms with E-state index < -0.39 is 29.4 Å². The number of hydrogen-bond donors (Lipinski definition) is 2. The first kappa shape index (κ1) is 19.2. The molecule has 140 valence electrons. The van der Waals surface area contributed by atoms with E-state index >= 15 is 0 Å². The first-order chi connectivity index (χ1) is 12.2. The Morgan fingerprint density at radius 2 is 2.04 bits per heavy atom. The summed E-state index contributed by atoms with van der Waals surface area (Å²) in [5.74, 6) is -1.69. The Kier molecular flexibility index (Phi) is 5.30. The van der Waals surface area contributed by atoms with Crippen LogP contribution < -0.4 is 5.32 Å². The number of hydrogen-bond acceptors (Lipinski definition) is 4. The molecule has 0 amide bonds. The van der Waals surface area contributed by atoms with Crippen molar-refractivity contribution in [1.82, 2.24) is 5.32 Å². The van der Waals surface area contributed by atoms with E-state index in [-0.39, 0.29) is 11.1 Å². The zero-order valence-electron chi connectivity index (χ0n) is 13.6. The first-order valence-electron chi connectivity index (χ1n) is 7.72. The Labute approximate surface area is 155 Å². The van der Waals surface area contributed by atoms with Gasteiger partial charge in [-0.3, -0.25) is 0 Å². The lowest BCUT2D eigenvalue weighted by Crippen LogP contribution is -2.29. The van der Waals surface area contributed by atoms with Gasteiger partial charge in [0.25, 0.3) is 0 Å². The minimum absolute atomic E-state index is 0.124. The van der Waals surface area contributed by atoms with Crippen LogP contribution >= 0.6 is 23.5 Å². The number of nitrogens with one attached hydrogen (secondary N) is 1. The summed E-state index contributed by atoms with van der Waals surface area (Å²) in [5, 5.41) is 12.7. The Hall–Kier alpha value is -1.61. The van der Waals surface area contributed by atoms with Crippen LogP contribution in [0.2, 0.25) is 0 Å². The standard InChI is InChI=1S/C17H15F4NO2S2/c1-8-12(16(23)24)13(15-11(22-8)7-25-5-6-26-15)9-3-2-4-10(14(9)18)17(19,20)21/h2-4,13,22H,5-7H2,1H3,(H,23,24). The molecule has 0 aliphatic carbocycles. The van der Waals surface area contributed by atoms with Crippen LogP contribution in [0.1, 0.15) is 24.0 Å². The molecule has 0 saturated carbocycles. The summed E-state index contributed by atoms with van der Waals surface area (Å²) >= 11 is 3.00. The zero-order chi connectivity index (χ0) is 19.1. The van der Waals surface area contributed by atoms with Gasteiger partial charge in [0.15, 0.2) is 0 Å². The number of allylic oxidation sites excluding steroid dienone is 2. The summed E-state index contributed by atoms with van der Waals surface area (Å²) in [6.45, 7) is 1.55. The summed E-state index contributed by atoms with van der Waals surface area (Å²) in [6.07, 6.45) is -4.85. The van der Waals surface area contributed by atoms with E-state index in [9.17, 15) is 27.5 Å². The molecule has 9 heteroatoms.